The van der Waals surface area contributed by atoms with Crippen molar-refractivity contribution in [2.75, 3.05) is 66.6 Å². The van der Waals surface area contributed by atoms with E-state index in [2.05, 4.69) is 10.2 Å². The molecule has 0 aromatic carbocycles. The fourth-order valence-corrected chi connectivity index (χ4v) is 4.69. The van der Waals surface area contributed by atoms with Crippen molar-refractivity contribution in [1.29, 1.82) is 0 Å². The standard InChI is InChI=1S/C19H30N4O3S/c1-21(2)14-18(24)23-8-3-4-15(23)16-5-6-17(27-16)19(25)20-7-9-22-10-12-26-13-11-22/h5-6,15H,3-4,7-14H2,1-2H3,(H,20,25). The lowest BCUT2D eigenvalue weighted by molar-refractivity contribution is -0.132. The predicted molar refractivity (Wildman–Crippen MR) is 106 cm³/mol. The van der Waals surface area contributed by atoms with Crippen LogP contribution in [0.25, 0.3) is 0 Å². The molecule has 2 aliphatic heterocycles. The van der Waals surface area contributed by atoms with Crippen LogP contribution in [0.1, 0.15) is 33.4 Å². The van der Waals surface area contributed by atoms with E-state index in [9.17, 15) is 9.59 Å². The fraction of sp³-hybridized carbons (Fsp3) is 0.684. The Morgan fingerprint density at radius 2 is 2.04 bits per heavy atom. The van der Waals surface area contributed by atoms with Crippen LogP contribution in [-0.4, -0.2) is 93.1 Å². The van der Waals surface area contributed by atoms with E-state index in [0.717, 1.165) is 62.0 Å². The summed E-state index contributed by atoms with van der Waals surface area (Å²) in [6.07, 6.45) is 1.99. The number of carbonyl (C=O) groups is 2. The van der Waals surface area contributed by atoms with Crippen LogP contribution in [0.4, 0.5) is 0 Å². The lowest BCUT2D eigenvalue weighted by Crippen LogP contribution is -2.41. The fourth-order valence-electron chi connectivity index (χ4n) is 3.62. The first-order chi connectivity index (χ1) is 13.0. The molecule has 0 aliphatic carbocycles. The van der Waals surface area contributed by atoms with E-state index in [1.807, 2.05) is 36.0 Å². The second-order valence-electron chi connectivity index (χ2n) is 7.39. The van der Waals surface area contributed by atoms with Crippen LogP contribution >= 0.6 is 11.3 Å². The maximum Gasteiger partial charge on any atom is 0.261 e. The molecule has 0 bridgehead atoms. The number of likely N-dealkylation sites (tertiary alicyclic amines) is 1. The van der Waals surface area contributed by atoms with Crippen molar-refractivity contribution in [3.05, 3.63) is 21.9 Å². The van der Waals surface area contributed by atoms with Gasteiger partial charge in [-0.3, -0.25) is 14.5 Å². The molecule has 2 fully saturated rings. The van der Waals surface area contributed by atoms with Gasteiger partial charge in [-0.05, 0) is 39.1 Å². The summed E-state index contributed by atoms with van der Waals surface area (Å²) < 4.78 is 5.34. The van der Waals surface area contributed by atoms with Crippen molar-refractivity contribution in [2.24, 2.45) is 0 Å². The molecule has 1 aromatic heterocycles. The van der Waals surface area contributed by atoms with Crippen molar-refractivity contribution in [3.8, 4) is 0 Å². The number of nitrogens with zero attached hydrogens (tertiary/aromatic N) is 3. The minimum absolute atomic E-state index is 0.0244. The lowest BCUT2D eigenvalue weighted by atomic mass is 10.2. The minimum Gasteiger partial charge on any atom is -0.379 e. The molecule has 8 heteroatoms. The van der Waals surface area contributed by atoms with Gasteiger partial charge in [0.25, 0.3) is 5.91 Å². The summed E-state index contributed by atoms with van der Waals surface area (Å²) in [4.78, 5) is 32.9. The van der Waals surface area contributed by atoms with Gasteiger partial charge in [0.1, 0.15) is 0 Å². The smallest absolute Gasteiger partial charge is 0.261 e. The Hall–Kier alpha value is -1.48. The Balaban J connectivity index is 1.52. The number of carbonyl (C=O) groups excluding carboxylic acids is 2. The number of thiophene rings is 1. The maximum atomic E-state index is 12.5. The highest BCUT2D eigenvalue weighted by Crippen LogP contribution is 2.36. The first-order valence-corrected chi connectivity index (χ1v) is 10.5. The monoisotopic (exact) mass is 394 g/mol. The Morgan fingerprint density at radius 3 is 2.78 bits per heavy atom. The van der Waals surface area contributed by atoms with Crippen molar-refractivity contribution in [1.82, 2.24) is 20.0 Å². The van der Waals surface area contributed by atoms with Gasteiger partial charge in [-0.25, -0.2) is 0 Å². The molecule has 1 atom stereocenters. The van der Waals surface area contributed by atoms with Crippen LogP contribution in [-0.2, 0) is 9.53 Å². The molecule has 1 aromatic rings. The number of rotatable bonds is 7. The molecule has 0 saturated carbocycles. The number of amides is 2. The van der Waals surface area contributed by atoms with E-state index < -0.39 is 0 Å². The molecule has 3 rings (SSSR count). The van der Waals surface area contributed by atoms with Gasteiger partial charge >= 0.3 is 0 Å². The summed E-state index contributed by atoms with van der Waals surface area (Å²) in [5.41, 5.74) is 0. The van der Waals surface area contributed by atoms with Gasteiger partial charge < -0.3 is 19.9 Å². The molecular weight excluding hydrogens is 364 g/mol. The molecule has 0 spiro atoms. The van der Waals surface area contributed by atoms with Crippen molar-refractivity contribution < 1.29 is 14.3 Å². The van der Waals surface area contributed by atoms with E-state index in [1.54, 1.807) is 0 Å². The normalized spacial score (nSPS) is 21.0. The molecule has 3 heterocycles. The number of morpholine rings is 1. The molecular formula is C19H30N4O3S. The second-order valence-corrected chi connectivity index (χ2v) is 8.51. The zero-order valence-electron chi connectivity index (χ0n) is 16.3. The number of nitrogens with one attached hydrogen (secondary N) is 1. The van der Waals surface area contributed by atoms with Gasteiger partial charge in [0, 0.05) is 37.6 Å². The highest BCUT2D eigenvalue weighted by Gasteiger charge is 2.31. The number of ether oxygens (including phenoxy) is 1. The highest BCUT2D eigenvalue weighted by molar-refractivity contribution is 7.14. The van der Waals surface area contributed by atoms with Gasteiger partial charge in [0.05, 0.1) is 30.7 Å². The summed E-state index contributed by atoms with van der Waals surface area (Å²) in [5, 5.41) is 3.01. The maximum absolute atomic E-state index is 12.5. The second kappa shape index (κ2) is 9.64. The molecule has 2 saturated heterocycles. The number of hydrogen-bond acceptors (Lipinski definition) is 6. The summed E-state index contributed by atoms with van der Waals surface area (Å²) in [6, 6.07) is 4.00. The molecule has 27 heavy (non-hydrogen) atoms. The van der Waals surface area contributed by atoms with E-state index in [1.165, 1.54) is 11.3 Å². The Labute approximate surface area is 165 Å². The number of hydrogen-bond donors (Lipinski definition) is 1. The molecule has 0 radical (unpaired) electrons. The third kappa shape index (κ3) is 5.51. The molecule has 150 valence electrons. The largest absolute Gasteiger partial charge is 0.379 e. The average molecular weight is 395 g/mol. The van der Waals surface area contributed by atoms with Gasteiger partial charge in [-0.2, -0.15) is 0 Å². The van der Waals surface area contributed by atoms with Crippen LogP contribution in [0.3, 0.4) is 0 Å². The molecule has 7 nitrogen and oxygen atoms in total. The average Bonchev–Trinajstić information content (AvgIpc) is 3.31. The van der Waals surface area contributed by atoms with Crippen LogP contribution in [0.2, 0.25) is 0 Å². The van der Waals surface area contributed by atoms with Crippen molar-refractivity contribution in [2.45, 2.75) is 18.9 Å². The van der Waals surface area contributed by atoms with Crippen LogP contribution in [0, 0.1) is 0 Å². The van der Waals surface area contributed by atoms with E-state index in [-0.39, 0.29) is 17.9 Å². The van der Waals surface area contributed by atoms with E-state index >= 15 is 0 Å². The minimum atomic E-state index is -0.0244. The highest BCUT2D eigenvalue weighted by atomic mass is 32.1. The predicted octanol–water partition coefficient (Wildman–Crippen LogP) is 1.04. The number of likely N-dealkylation sites (N-methyl/N-ethyl adjacent to an activating group) is 1. The lowest BCUT2D eigenvalue weighted by Gasteiger charge is -2.26. The SMILES string of the molecule is CN(C)CC(=O)N1CCCC1c1ccc(C(=O)NCCN2CCOCC2)s1. The quantitative estimate of drug-likeness (QED) is 0.749. The molecule has 1 unspecified atom stereocenters. The first-order valence-electron chi connectivity index (χ1n) is 9.67. The van der Waals surface area contributed by atoms with E-state index in [4.69, 9.17) is 4.74 Å². The molecule has 2 amide bonds. The molecule has 2 aliphatic rings. The summed E-state index contributed by atoms with van der Waals surface area (Å²) >= 11 is 1.51. The van der Waals surface area contributed by atoms with Crippen molar-refractivity contribution >= 4 is 23.2 Å². The third-order valence-corrected chi connectivity index (χ3v) is 6.21. The Kier molecular flexibility index (Phi) is 7.23. The zero-order valence-corrected chi connectivity index (χ0v) is 17.1. The summed E-state index contributed by atoms with van der Waals surface area (Å²) in [6.45, 7) is 6.12. The Morgan fingerprint density at radius 1 is 1.26 bits per heavy atom. The van der Waals surface area contributed by atoms with Gasteiger partial charge in [0.2, 0.25) is 5.91 Å². The Bertz CT molecular complexity index is 643. The van der Waals surface area contributed by atoms with Gasteiger partial charge in [-0.1, -0.05) is 0 Å². The zero-order chi connectivity index (χ0) is 19.2. The van der Waals surface area contributed by atoms with E-state index in [0.29, 0.717) is 13.1 Å². The van der Waals surface area contributed by atoms with Crippen molar-refractivity contribution in [3.63, 3.8) is 0 Å². The van der Waals surface area contributed by atoms with Crippen LogP contribution in [0.15, 0.2) is 12.1 Å². The summed E-state index contributed by atoms with van der Waals surface area (Å²) in [5.74, 6) is 0.135. The first kappa shape index (κ1) is 20.3. The molecule has 1 N–H and O–H groups in total. The summed E-state index contributed by atoms with van der Waals surface area (Å²) in [7, 11) is 3.82. The van der Waals surface area contributed by atoms with Crippen LogP contribution in [0.5, 0.6) is 0 Å². The topological polar surface area (TPSA) is 65.1 Å². The third-order valence-electron chi connectivity index (χ3n) is 5.02. The van der Waals surface area contributed by atoms with Crippen LogP contribution < -0.4 is 5.32 Å². The van der Waals surface area contributed by atoms with Gasteiger partial charge in [-0.15, -0.1) is 11.3 Å². The van der Waals surface area contributed by atoms with Gasteiger partial charge in [0.15, 0.2) is 0 Å².